The number of benzene rings is 9. The van der Waals surface area contributed by atoms with Crippen molar-refractivity contribution in [3.8, 4) is 17.2 Å². The fourth-order valence-electron chi connectivity index (χ4n) is 12.4. The summed E-state index contributed by atoms with van der Waals surface area (Å²) in [7, 11) is 0. The van der Waals surface area contributed by atoms with Crippen LogP contribution in [0.2, 0.25) is 0 Å². The highest BCUT2D eigenvalue weighted by Crippen LogP contribution is 2.42. The smallest absolute Gasteiger partial charge is 0.225 e. The maximum atomic E-state index is 14.9. The number of carbonyl (C=O) groups excluding carboxylic acids is 6. The number of para-hydroxylation sites is 3. The van der Waals surface area contributed by atoms with Gasteiger partial charge >= 0.3 is 0 Å². The molecular formula is C76H67N9O9. The minimum atomic E-state index is -1.09. The quantitative estimate of drug-likeness (QED) is 0.0153. The van der Waals surface area contributed by atoms with Crippen molar-refractivity contribution < 1.29 is 44.1 Å². The van der Waals surface area contributed by atoms with Gasteiger partial charge in [-0.2, -0.15) is 0 Å². The molecule has 0 aliphatic carbocycles. The first-order chi connectivity index (χ1) is 45.5. The molecule has 15 N–H and O–H groups in total. The highest BCUT2D eigenvalue weighted by molar-refractivity contribution is 6.06. The number of ketones is 3. The summed E-state index contributed by atoms with van der Waals surface area (Å²) in [6.07, 6.45) is 5.43. The van der Waals surface area contributed by atoms with Gasteiger partial charge in [-0.3, -0.25) is 28.8 Å². The third kappa shape index (κ3) is 13.9. The van der Waals surface area contributed by atoms with E-state index < -0.39 is 59.1 Å². The Morgan fingerprint density at radius 3 is 0.883 bits per heavy atom. The lowest BCUT2D eigenvalue weighted by Crippen LogP contribution is -2.43. The number of nitrogens with one attached hydrogen (secondary N) is 6. The number of aromatic nitrogens is 3. The molecule has 12 rings (SSSR count). The van der Waals surface area contributed by atoms with Gasteiger partial charge in [0, 0.05) is 110 Å². The van der Waals surface area contributed by atoms with Crippen LogP contribution in [0.15, 0.2) is 219 Å². The number of hydrogen-bond donors (Lipinski definition) is 12. The number of fused-ring (bicyclic) bond motifs is 3. The molecule has 0 bridgehead atoms. The van der Waals surface area contributed by atoms with Crippen LogP contribution in [0.4, 0.5) is 17.1 Å². The lowest BCUT2D eigenvalue weighted by Gasteiger charge is -2.26. The van der Waals surface area contributed by atoms with Crippen LogP contribution in [0.5, 0.6) is 17.2 Å². The van der Waals surface area contributed by atoms with Crippen LogP contribution in [0, 0.1) is 0 Å². The molecule has 0 aliphatic heterocycles. The molecule has 3 amide bonds. The average molecular weight is 1250 g/mol. The molecule has 3 heterocycles. The van der Waals surface area contributed by atoms with Crippen LogP contribution in [0.25, 0.3) is 32.7 Å². The molecule has 9 aromatic carbocycles. The lowest BCUT2D eigenvalue weighted by atomic mass is 9.80. The zero-order chi connectivity index (χ0) is 65.6. The number of H-pyrrole nitrogens is 3. The number of nitrogens with two attached hydrogens (primary N) is 3. The first-order valence-corrected chi connectivity index (χ1v) is 30.7. The van der Waals surface area contributed by atoms with E-state index in [2.05, 4.69) is 30.9 Å². The summed E-state index contributed by atoms with van der Waals surface area (Å²) in [5, 5.41) is 41.9. The van der Waals surface area contributed by atoms with Gasteiger partial charge in [-0.15, -0.1) is 0 Å². The number of hydrogen-bond acceptors (Lipinski definition) is 12. The summed E-state index contributed by atoms with van der Waals surface area (Å²) < 4.78 is 0. The molecule has 0 spiro atoms. The van der Waals surface area contributed by atoms with E-state index in [4.69, 9.17) is 17.2 Å². The number of anilines is 3. The number of phenols is 3. The lowest BCUT2D eigenvalue weighted by molar-refractivity contribution is -0.121. The molecule has 94 heavy (non-hydrogen) atoms. The topological polar surface area (TPSA) is 325 Å². The van der Waals surface area contributed by atoms with Crippen LogP contribution >= 0.6 is 0 Å². The summed E-state index contributed by atoms with van der Waals surface area (Å²) in [5.41, 5.74) is 30.3. The summed E-state index contributed by atoms with van der Waals surface area (Å²) in [5.74, 6) is -3.41. The molecule has 0 saturated heterocycles. The number of nitrogen functional groups attached to an aromatic ring is 3. The van der Waals surface area contributed by atoms with Gasteiger partial charge in [0.1, 0.15) is 17.2 Å². The van der Waals surface area contributed by atoms with Gasteiger partial charge in [0.25, 0.3) is 0 Å². The molecule has 0 saturated carbocycles. The molecule has 3 aromatic heterocycles. The van der Waals surface area contributed by atoms with Crippen LogP contribution in [0.1, 0.15) is 87.1 Å². The summed E-state index contributed by atoms with van der Waals surface area (Å²) in [6, 6.07) is 52.9. The molecular weight excluding hydrogens is 1180 g/mol. The van der Waals surface area contributed by atoms with Crippen LogP contribution in [-0.4, -0.2) is 83.5 Å². The Bertz CT molecular complexity index is 4360. The Kier molecular flexibility index (Phi) is 17.9. The normalized spacial score (nSPS) is 12.4. The maximum absolute atomic E-state index is 14.9. The second-order valence-corrected chi connectivity index (χ2v) is 23.6. The van der Waals surface area contributed by atoms with Gasteiger partial charge in [-0.25, -0.2) is 0 Å². The number of aromatic amines is 3. The standard InChI is InChI=1S/C76H67N9O9/c77-61-34-46(74(92)67(31-43-13-22-52(86)23-14-43)83-70(89)37-49-40-80-64-10-4-1-7-55(49)64)19-28-58(61)73(59-29-20-47(35-62(59)78)75(93)68(32-44-15-24-53(87)25-16-44)84-71(90)38-50-41-81-65-11-5-2-8-56(50)65)60-30-21-48(36-63(60)79)76(94)69(33-45-17-26-54(88)27-18-45)85-72(91)39-51-42-82-66-12-6-3-9-57(51)66/h1-30,34-36,40-42,67-69,73,80-82,86-88H,31-33,37-39,77-79H2,(H,83,89)(H,84,90)(H,85,91)/t67-,68-,69-/m0/s1. The number of Topliss-reactive ketones (excluding diaryl/α,β-unsaturated/α-hetero) is 3. The van der Waals surface area contributed by atoms with Crippen molar-refractivity contribution in [2.45, 2.75) is 62.6 Å². The van der Waals surface area contributed by atoms with Gasteiger partial charge in [-0.05, 0) is 123 Å². The molecule has 0 unspecified atom stereocenters. The number of amides is 3. The van der Waals surface area contributed by atoms with Gasteiger partial charge in [0.15, 0.2) is 17.3 Å². The Labute approximate surface area is 539 Å². The van der Waals surface area contributed by atoms with Crippen LogP contribution in [-0.2, 0) is 52.9 Å². The van der Waals surface area contributed by atoms with Crippen molar-refractivity contribution in [2.75, 3.05) is 17.2 Å². The van der Waals surface area contributed by atoms with Crippen molar-refractivity contribution in [2.24, 2.45) is 0 Å². The molecule has 12 aromatic rings. The molecule has 18 heteroatoms. The third-order valence-corrected chi connectivity index (χ3v) is 17.2. The second-order valence-electron chi connectivity index (χ2n) is 23.6. The van der Waals surface area contributed by atoms with E-state index in [1.54, 1.807) is 91.4 Å². The van der Waals surface area contributed by atoms with E-state index in [1.807, 2.05) is 72.8 Å². The van der Waals surface area contributed by atoms with Gasteiger partial charge in [-0.1, -0.05) is 127 Å². The fraction of sp³-hybridized carbons (Fsp3) is 0.132. The molecule has 3 atom stereocenters. The zero-order valence-electron chi connectivity index (χ0n) is 50.9. The Morgan fingerprint density at radius 1 is 0.351 bits per heavy atom. The minimum absolute atomic E-state index is 0.0250. The predicted molar refractivity (Wildman–Crippen MR) is 364 cm³/mol. The second kappa shape index (κ2) is 27.1. The minimum Gasteiger partial charge on any atom is -0.508 e. The molecule has 0 aliphatic rings. The highest BCUT2D eigenvalue weighted by atomic mass is 16.3. The monoisotopic (exact) mass is 1250 g/mol. The predicted octanol–water partition coefficient (Wildman–Crippen LogP) is 10.6. The summed E-state index contributed by atoms with van der Waals surface area (Å²) in [4.78, 5) is 96.2. The van der Waals surface area contributed by atoms with Crippen molar-refractivity contribution in [1.29, 1.82) is 0 Å². The third-order valence-electron chi connectivity index (χ3n) is 17.2. The zero-order valence-corrected chi connectivity index (χ0v) is 50.9. The summed E-state index contributed by atoms with van der Waals surface area (Å²) >= 11 is 0. The van der Waals surface area contributed by atoms with Crippen molar-refractivity contribution >= 4 is 84.8 Å². The molecule has 470 valence electrons. The largest absolute Gasteiger partial charge is 0.508 e. The van der Waals surface area contributed by atoms with Gasteiger partial charge in [0.2, 0.25) is 17.7 Å². The molecule has 0 radical (unpaired) electrons. The maximum Gasteiger partial charge on any atom is 0.225 e. The number of aromatic hydroxyl groups is 3. The highest BCUT2D eigenvalue weighted by Gasteiger charge is 2.31. The number of carbonyl (C=O) groups is 6. The SMILES string of the molecule is Nc1cc(C(=O)[C@H](Cc2ccc(O)cc2)NC(=O)Cc2c[nH]c3ccccc23)ccc1C(c1ccc(C(=O)[C@H](Cc2ccc(O)cc2)NC(=O)Cc2c[nH]c3ccccc23)cc1N)c1ccc(C(=O)[C@H](Cc2ccc(O)cc2)NC(=O)Cc2c[nH]c3ccccc23)cc1N. The van der Waals surface area contributed by atoms with Gasteiger partial charge < -0.3 is 63.4 Å². The van der Waals surface area contributed by atoms with Crippen molar-refractivity contribution in [1.82, 2.24) is 30.9 Å². The Morgan fingerprint density at radius 2 is 0.617 bits per heavy atom. The first kappa shape index (κ1) is 62.0. The molecule has 0 fully saturated rings. The van der Waals surface area contributed by atoms with Crippen LogP contribution in [0.3, 0.4) is 0 Å². The van der Waals surface area contributed by atoms with E-state index >= 15 is 0 Å². The van der Waals surface area contributed by atoms with E-state index in [0.717, 1.165) is 49.4 Å². The van der Waals surface area contributed by atoms with Gasteiger partial charge in [0.05, 0.1) is 37.4 Å². The van der Waals surface area contributed by atoms with E-state index in [9.17, 15) is 44.1 Å². The first-order valence-electron chi connectivity index (χ1n) is 30.7. The van der Waals surface area contributed by atoms with Crippen molar-refractivity contribution in [3.63, 3.8) is 0 Å². The van der Waals surface area contributed by atoms with E-state index in [0.29, 0.717) is 33.4 Å². The Hall–Kier alpha value is -12.2. The Balaban J connectivity index is 0.888. The fourth-order valence-corrected chi connectivity index (χ4v) is 12.4. The number of phenolic OH excluding ortho intramolecular Hbond substituents is 3. The van der Waals surface area contributed by atoms with E-state index in [1.165, 1.54) is 54.6 Å². The van der Waals surface area contributed by atoms with Crippen molar-refractivity contribution in [3.05, 3.63) is 286 Å². The summed E-state index contributed by atoms with van der Waals surface area (Å²) in [6.45, 7) is 0. The molecule has 18 nitrogen and oxygen atoms in total. The van der Waals surface area contributed by atoms with E-state index in [-0.39, 0.29) is 89.5 Å². The average Bonchev–Trinajstić information content (AvgIpc) is 1.10. The van der Waals surface area contributed by atoms with Crippen LogP contribution < -0.4 is 33.2 Å². The number of rotatable bonds is 24.